The summed E-state index contributed by atoms with van der Waals surface area (Å²) >= 11 is 0. The number of carbonyl (C=O) groups excluding carboxylic acids is 2. The van der Waals surface area contributed by atoms with Crippen molar-refractivity contribution < 1.29 is 14.7 Å². The van der Waals surface area contributed by atoms with Crippen molar-refractivity contribution in [3.63, 3.8) is 0 Å². The van der Waals surface area contributed by atoms with Crippen molar-refractivity contribution in [1.82, 2.24) is 10.6 Å². The monoisotopic (exact) mass is 402 g/mol. The number of nitrogens with one attached hydrogen (secondary N) is 2. The van der Waals surface area contributed by atoms with E-state index < -0.39 is 12.0 Å². The topological polar surface area (TPSA) is 126 Å². The number of phenolic OH excluding ortho intramolecular Hbond substituents is 1. The van der Waals surface area contributed by atoms with E-state index in [1.807, 2.05) is 6.07 Å². The van der Waals surface area contributed by atoms with Gasteiger partial charge in [-0.2, -0.15) is 10.5 Å². The molecule has 3 N–H and O–H groups in total. The van der Waals surface area contributed by atoms with Crippen molar-refractivity contribution in [2.75, 3.05) is 0 Å². The molecular weight excluding hydrogens is 380 g/mol. The lowest BCUT2D eigenvalue weighted by atomic mass is 9.83. The van der Waals surface area contributed by atoms with Crippen LogP contribution < -0.4 is 10.6 Å². The zero-order valence-corrected chi connectivity index (χ0v) is 16.3. The Bertz CT molecular complexity index is 1000. The predicted octanol–water partition coefficient (Wildman–Crippen LogP) is 2.93. The summed E-state index contributed by atoms with van der Waals surface area (Å²) in [4.78, 5) is 25.5. The molecule has 1 saturated carbocycles. The number of aromatic hydroxyl groups is 1. The fourth-order valence-corrected chi connectivity index (χ4v) is 3.71. The van der Waals surface area contributed by atoms with Crippen molar-refractivity contribution in [3.05, 3.63) is 65.2 Å². The second-order valence-corrected chi connectivity index (χ2v) is 7.33. The third kappa shape index (κ3) is 4.95. The minimum absolute atomic E-state index is 0.0206. The maximum absolute atomic E-state index is 12.9. The van der Waals surface area contributed by atoms with Crippen molar-refractivity contribution in [3.8, 4) is 17.9 Å². The van der Waals surface area contributed by atoms with Crippen LogP contribution in [0.15, 0.2) is 48.5 Å². The maximum atomic E-state index is 12.9. The summed E-state index contributed by atoms with van der Waals surface area (Å²) in [6.07, 6.45) is 3.05. The van der Waals surface area contributed by atoms with E-state index in [-0.39, 0.29) is 23.6 Å². The van der Waals surface area contributed by atoms with Gasteiger partial charge in [-0.25, -0.2) is 0 Å². The zero-order chi connectivity index (χ0) is 21.5. The van der Waals surface area contributed by atoms with E-state index in [1.165, 1.54) is 12.1 Å². The molecule has 152 valence electrons. The van der Waals surface area contributed by atoms with Crippen LogP contribution in [0.4, 0.5) is 0 Å². The van der Waals surface area contributed by atoms with Crippen molar-refractivity contribution in [2.45, 2.75) is 37.8 Å². The number of nitrogens with zero attached hydrogens (tertiary/aromatic N) is 2. The Morgan fingerprint density at radius 1 is 1.07 bits per heavy atom. The van der Waals surface area contributed by atoms with Crippen molar-refractivity contribution in [2.24, 2.45) is 5.92 Å². The van der Waals surface area contributed by atoms with E-state index in [0.717, 1.165) is 12.8 Å². The predicted molar refractivity (Wildman–Crippen MR) is 109 cm³/mol. The summed E-state index contributed by atoms with van der Waals surface area (Å²) in [5.74, 6) is -1.02. The summed E-state index contributed by atoms with van der Waals surface area (Å²) in [6.45, 7) is 0. The molecule has 0 heterocycles. The number of rotatable bonds is 5. The first-order chi connectivity index (χ1) is 14.5. The second-order valence-electron chi connectivity index (χ2n) is 7.33. The van der Waals surface area contributed by atoms with Gasteiger partial charge in [-0.1, -0.05) is 25.0 Å². The molecule has 0 radical (unpaired) electrons. The first kappa shape index (κ1) is 20.9. The van der Waals surface area contributed by atoms with Gasteiger partial charge in [0.1, 0.15) is 11.8 Å². The normalized spacial score (nSPS) is 19.0. The Kier molecular flexibility index (Phi) is 6.67. The van der Waals surface area contributed by atoms with Crippen LogP contribution in [-0.4, -0.2) is 23.0 Å². The van der Waals surface area contributed by atoms with E-state index in [0.29, 0.717) is 29.5 Å². The summed E-state index contributed by atoms with van der Waals surface area (Å²) < 4.78 is 0. The maximum Gasteiger partial charge on any atom is 0.251 e. The number of amides is 2. The third-order valence-corrected chi connectivity index (χ3v) is 5.31. The highest BCUT2D eigenvalue weighted by molar-refractivity contribution is 5.95. The molecule has 30 heavy (non-hydrogen) atoms. The van der Waals surface area contributed by atoms with Crippen LogP contribution >= 0.6 is 0 Å². The van der Waals surface area contributed by atoms with E-state index in [1.54, 1.807) is 36.4 Å². The highest BCUT2D eigenvalue weighted by atomic mass is 16.3. The fraction of sp³-hybridized carbons (Fsp3) is 0.304. The van der Waals surface area contributed by atoms with Gasteiger partial charge >= 0.3 is 0 Å². The number of hydrogen-bond acceptors (Lipinski definition) is 5. The van der Waals surface area contributed by atoms with E-state index >= 15 is 0 Å². The first-order valence-corrected chi connectivity index (χ1v) is 9.82. The van der Waals surface area contributed by atoms with Gasteiger partial charge in [0, 0.05) is 11.6 Å². The Balaban J connectivity index is 1.69. The van der Waals surface area contributed by atoms with Crippen LogP contribution in [-0.2, 0) is 4.79 Å². The average Bonchev–Trinajstić information content (AvgIpc) is 2.77. The van der Waals surface area contributed by atoms with Gasteiger partial charge < -0.3 is 15.7 Å². The molecule has 3 rings (SSSR count). The van der Waals surface area contributed by atoms with Gasteiger partial charge in [0.05, 0.1) is 23.6 Å². The van der Waals surface area contributed by atoms with Gasteiger partial charge in [-0.3, -0.25) is 9.59 Å². The largest absolute Gasteiger partial charge is 0.508 e. The molecule has 0 bridgehead atoms. The van der Waals surface area contributed by atoms with Crippen molar-refractivity contribution >= 4 is 11.8 Å². The molecule has 1 fully saturated rings. The molecule has 3 atom stereocenters. The molecule has 0 spiro atoms. The van der Waals surface area contributed by atoms with E-state index in [4.69, 9.17) is 5.26 Å². The summed E-state index contributed by atoms with van der Waals surface area (Å²) in [7, 11) is 0. The standard InChI is InChI=1S/C23H22N4O3/c24-13-15-8-10-16(11-9-15)22(29)26-20-7-2-1-6-19(20)23(30)27-21(14-25)17-4-3-5-18(28)12-17/h3-5,8-12,19-21,28H,1-2,6-7H2,(H,26,29)(H,27,30)/t19-,20-,21?/m1/s1. The van der Waals surface area contributed by atoms with Gasteiger partial charge in [0.2, 0.25) is 5.91 Å². The van der Waals surface area contributed by atoms with E-state index in [2.05, 4.69) is 16.7 Å². The molecule has 2 amide bonds. The minimum Gasteiger partial charge on any atom is -0.508 e. The average molecular weight is 402 g/mol. The molecule has 7 heteroatoms. The molecule has 0 saturated heterocycles. The number of hydrogen-bond donors (Lipinski definition) is 3. The van der Waals surface area contributed by atoms with Crippen LogP contribution in [0.1, 0.15) is 53.2 Å². The fourth-order valence-electron chi connectivity index (χ4n) is 3.71. The number of nitriles is 2. The molecular formula is C23H22N4O3. The number of benzene rings is 2. The summed E-state index contributed by atoms with van der Waals surface area (Å²) in [5, 5.41) is 33.7. The van der Waals surface area contributed by atoms with Crippen LogP contribution in [0, 0.1) is 28.6 Å². The van der Waals surface area contributed by atoms with Crippen LogP contribution in [0.2, 0.25) is 0 Å². The number of phenols is 1. The smallest absolute Gasteiger partial charge is 0.251 e. The minimum atomic E-state index is -0.888. The Labute approximate surface area is 174 Å². The summed E-state index contributed by atoms with van der Waals surface area (Å²) in [6, 6.07) is 15.4. The van der Waals surface area contributed by atoms with Gasteiger partial charge in [0.15, 0.2) is 0 Å². The van der Waals surface area contributed by atoms with Crippen LogP contribution in [0.5, 0.6) is 5.75 Å². The van der Waals surface area contributed by atoms with Crippen LogP contribution in [0.3, 0.4) is 0 Å². The van der Waals surface area contributed by atoms with Gasteiger partial charge in [-0.15, -0.1) is 0 Å². The second kappa shape index (κ2) is 9.58. The zero-order valence-electron chi connectivity index (χ0n) is 16.3. The Morgan fingerprint density at radius 2 is 1.80 bits per heavy atom. The highest BCUT2D eigenvalue weighted by Crippen LogP contribution is 2.26. The molecule has 7 nitrogen and oxygen atoms in total. The number of carbonyl (C=O) groups is 2. The Morgan fingerprint density at radius 3 is 2.47 bits per heavy atom. The third-order valence-electron chi connectivity index (χ3n) is 5.31. The molecule has 2 aromatic carbocycles. The highest BCUT2D eigenvalue weighted by Gasteiger charge is 2.33. The molecule has 1 aliphatic carbocycles. The lowest BCUT2D eigenvalue weighted by Gasteiger charge is -2.32. The Hall–Kier alpha value is -3.84. The SMILES string of the molecule is N#Cc1ccc(C(=O)N[C@@H]2CCCC[C@H]2C(=O)NC(C#N)c2cccc(O)c2)cc1. The molecule has 0 aromatic heterocycles. The van der Waals surface area contributed by atoms with E-state index in [9.17, 15) is 20.0 Å². The first-order valence-electron chi connectivity index (χ1n) is 9.82. The van der Waals surface area contributed by atoms with Gasteiger partial charge in [0.25, 0.3) is 5.91 Å². The summed E-state index contributed by atoms with van der Waals surface area (Å²) in [5.41, 5.74) is 1.39. The van der Waals surface area contributed by atoms with Crippen molar-refractivity contribution in [1.29, 1.82) is 10.5 Å². The quantitative estimate of drug-likeness (QED) is 0.709. The lowest BCUT2D eigenvalue weighted by Crippen LogP contribution is -2.48. The van der Waals surface area contributed by atoms with Crippen LogP contribution in [0.25, 0.3) is 0 Å². The molecule has 1 aliphatic rings. The molecule has 1 unspecified atom stereocenters. The lowest BCUT2D eigenvalue weighted by molar-refractivity contribution is -0.127. The van der Waals surface area contributed by atoms with Gasteiger partial charge in [-0.05, 0) is 54.8 Å². The molecule has 0 aliphatic heterocycles. The molecule has 2 aromatic rings.